The first kappa shape index (κ1) is 12.6. The van der Waals surface area contributed by atoms with E-state index in [1.165, 1.54) is 10.9 Å². The number of nitrogens with zero attached hydrogens (tertiary/aromatic N) is 3. The fraction of sp³-hybridized carbons (Fsp3) is 0.545. The van der Waals surface area contributed by atoms with Crippen molar-refractivity contribution in [3.05, 3.63) is 27.2 Å². The number of rotatable bonds is 4. The van der Waals surface area contributed by atoms with Crippen molar-refractivity contribution in [3.63, 3.8) is 0 Å². The third-order valence-corrected chi connectivity index (χ3v) is 2.59. The molecule has 0 amide bonds. The Hall–Kier alpha value is -1.89. The van der Waals surface area contributed by atoms with Crippen molar-refractivity contribution in [1.29, 1.82) is 0 Å². The molecule has 98 valence electrons. The van der Waals surface area contributed by atoms with Crippen LogP contribution in [0.5, 0.6) is 0 Å². The van der Waals surface area contributed by atoms with Crippen molar-refractivity contribution < 1.29 is 4.74 Å². The average Bonchev–Trinajstić information content (AvgIpc) is 2.79. The second-order valence-corrected chi connectivity index (χ2v) is 4.57. The molecule has 18 heavy (non-hydrogen) atoms. The molecule has 0 aliphatic rings. The van der Waals surface area contributed by atoms with E-state index in [1.54, 1.807) is 7.05 Å². The van der Waals surface area contributed by atoms with E-state index in [0.29, 0.717) is 23.7 Å². The van der Waals surface area contributed by atoms with Crippen LogP contribution in [0.1, 0.15) is 13.8 Å². The fourth-order valence-electron chi connectivity index (χ4n) is 1.69. The summed E-state index contributed by atoms with van der Waals surface area (Å²) >= 11 is 0. The summed E-state index contributed by atoms with van der Waals surface area (Å²) in [5.41, 5.74) is -0.173. The predicted octanol–water partition coefficient (Wildman–Crippen LogP) is 0.0534. The van der Waals surface area contributed by atoms with E-state index in [4.69, 9.17) is 4.74 Å². The van der Waals surface area contributed by atoms with E-state index in [0.717, 1.165) is 4.57 Å². The molecule has 2 rings (SSSR count). The number of aromatic amines is 1. The highest BCUT2D eigenvalue weighted by atomic mass is 16.5. The van der Waals surface area contributed by atoms with Crippen LogP contribution in [0.4, 0.5) is 0 Å². The zero-order valence-electron chi connectivity index (χ0n) is 10.6. The molecule has 0 fully saturated rings. The van der Waals surface area contributed by atoms with Gasteiger partial charge < -0.3 is 9.72 Å². The van der Waals surface area contributed by atoms with Gasteiger partial charge in [0.25, 0.3) is 5.56 Å². The molecular formula is C11H16N4O3. The zero-order valence-corrected chi connectivity index (χ0v) is 10.6. The first-order valence-corrected chi connectivity index (χ1v) is 5.73. The molecule has 2 heterocycles. The Morgan fingerprint density at radius 2 is 2.17 bits per heavy atom. The van der Waals surface area contributed by atoms with E-state index >= 15 is 0 Å². The normalized spacial score (nSPS) is 11.6. The highest BCUT2D eigenvalue weighted by Gasteiger charge is 2.12. The van der Waals surface area contributed by atoms with Crippen molar-refractivity contribution in [2.45, 2.75) is 20.6 Å². The van der Waals surface area contributed by atoms with Crippen molar-refractivity contribution in [1.82, 2.24) is 19.1 Å². The maximum Gasteiger partial charge on any atom is 0.334 e. The molecule has 0 spiro atoms. The van der Waals surface area contributed by atoms with Crippen LogP contribution in [0.15, 0.2) is 15.9 Å². The maximum absolute atomic E-state index is 12.0. The lowest BCUT2D eigenvalue weighted by Crippen LogP contribution is -2.39. The Balaban J connectivity index is 2.44. The minimum Gasteiger partial charge on any atom is -0.360 e. The number of fused-ring (bicyclic) bond motifs is 1. The van der Waals surface area contributed by atoms with Gasteiger partial charge in [0.15, 0.2) is 5.65 Å². The van der Waals surface area contributed by atoms with Crippen LogP contribution in [0.25, 0.3) is 11.2 Å². The lowest BCUT2D eigenvalue weighted by molar-refractivity contribution is 0.0527. The van der Waals surface area contributed by atoms with E-state index < -0.39 is 11.2 Å². The molecule has 0 aliphatic heterocycles. The van der Waals surface area contributed by atoms with Gasteiger partial charge in [0.05, 0.1) is 12.9 Å². The van der Waals surface area contributed by atoms with Crippen molar-refractivity contribution in [2.24, 2.45) is 13.0 Å². The van der Waals surface area contributed by atoms with Crippen molar-refractivity contribution >= 4 is 11.2 Å². The molecule has 1 N–H and O–H groups in total. The standard InChI is InChI=1S/C11H16N4O3/c1-7(2)4-18-6-15-10(16)8-9(13-5-12-8)14(3)11(15)17/h5,7H,4,6H2,1-3H3,(H,12,13). The first-order valence-electron chi connectivity index (χ1n) is 5.73. The number of nitrogens with one attached hydrogen (secondary N) is 1. The number of hydrogen-bond donors (Lipinski definition) is 1. The largest absolute Gasteiger partial charge is 0.360 e. The molecule has 0 aromatic carbocycles. The number of H-pyrrole nitrogens is 1. The Morgan fingerprint density at radius 3 is 2.83 bits per heavy atom. The van der Waals surface area contributed by atoms with Gasteiger partial charge in [-0.1, -0.05) is 13.8 Å². The van der Waals surface area contributed by atoms with Gasteiger partial charge in [0.2, 0.25) is 0 Å². The van der Waals surface area contributed by atoms with Crippen LogP contribution >= 0.6 is 0 Å². The third-order valence-electron chi connectivity index (χ3n) is 2.59. The molecule has 7 heteroatoms. The molecule has 0 unspecified atom stereocenters. The van der Waals surface area contributed by atoms with Crippen LogP contribution < -0.4 is 11.2 Å². The van der Waals surface area contributed by atoms with Gasteiger partial charge in [-0.2, -0.15) is 0 Å². The molecular weight excluding hydrogens is 236 g/mol. The van der Waals surface area contributed by atoms with E-state index in [1.807, 2.05) is 13.8 Å². The molecule has 2 aromatic rings. The lowest BCUT2D eigenvalue weighted by Gasteiger charge is -2.09. The molecule has 7 nitrogen and oxygen atoms in total. The summed E-state index contributed by atoms with van der Waals surface area (Å²) in [6, 6.07) is 0. The maximum atomic E-state index is 12.0. The number of imidazole rings is 1. The lowest BCUT2D eigenvalue weighted by atomic mass is 10.2. The van der Waals surface area contributed by atoms with Crippen LogP contribution in [0.3, 0.4) is 0 Å². The summed E-state index contributed by atoms with van der Waals surface area (Å²) in [6.07, 6.45) is 1.39. The molecule has 0 aliphatic carbocycles. The van der Waals surface area contributed by atoms with Gasteiger partial charge in [-0.15, -0.1) is 0 Å². The average molecular weight is 252 g/mol. The molecule has 0 saturated carbocycles. The second-order valence-electron chi connectivity index (χ2n) is 4.57. The van der Waals surface area contributed by atoms with Gasteiger partial charge in [0.1, 0.15) is 12.2 Å². The number of hydrogen-bond acceptors (Lipinski definition) is 4. The van der Waals surface area contributed by atoms with E-state index in [9.17, 15) is 9.59 Å². The summed E-state index contributed by atoms with van der Waals surface area (Å²) in [6.45, 7) is 4.45. The summed E-state index contributed by atoms with van der Waals surface area (Å²) in [4.78, 5) is 30.7. The van der Waals surface area contributed by atoms with Crippen LogP contribution in [-0.4, -0.2) is 25.7 Å². The molecule has 0 saturated heterocycles. The highest BCUT2D eigenvalue weighted by molar-refractivity contribution is 5.68. The first-order chi connectivity index (χ1) is 8.52. The van der Waals surface area contributed by atoms with Crippen molar-refractivity contribution in [2.75, 3.05) is 6.61 Å². The fourth-order valence-corrected chi connectivity index (χ4v) is 1.69. The quantitative estimate of drug-likeness (QED) is 0.833. The topological polar surface area (TPSA) is 81.9 Å². The minimum atomic E-state index is -0.427. The summed E-state index contributed by atoms with van der Waals surface area (Å²) in [5, 5.41) is 0. The summed E-state index contributed by atoms with van der Waals surface area (Å²) in [5.74, 6) is 0.348. The van der Waals surface area contributed by atoms with Crippen LogP contribution in [-0.2, 0) is 18.5 Å². The monoisotopic (exact) mass is 252 g/mol. The number of aromatic nitrogens is 4. The van der Waals surface area contributed by atoms with Crippen LogP contribution in [0.2, 0.25) is 0 Å². The highest BCUT2D eigenvalue weighted by Crippen LogP contribution is 1.99. The summed E-state index contributed by atoms with van der Waals surface area (Å²) < 4.78 is 7.72. The van der Waals surface area contributed by atoms with Gasteiger partial charge in [-0.05, 0) is 5.92 Å². The van der Waals surface area contributed by atoms with E-state index in [2.05, 4.69) is 9.97 Å². The van der Waals surface area contributed by atoms with Crippen LogP contribution in [0, 0.1) is 5.92 Å². The molecule has 0 atom stereocenters. The Bertz CT molecular complexity index is 665. The smallest absolute Gasteiger partial charge is 0.334 e. The Morgan fingerprint density at radius 1 is 1.44 bits per heavy atom. The molecule has 0 bridgehead atoms. The SMILES string of the molecule is CC(C)COCn1c(=O)c2[nH]cnc2n(C)c1=O. The molecule has 0 radical (unpaired) electrons. The van der Waals surface area contributed by atoms with Gasteiger partial charge >= 0.3 is 5.69 Å². The Kier molecular flexibility index (Phi) is 3.33. The van der Waals surface area contributed by atoms with Crippen molar-refractivity contribution in [3.8, 4) is 0 Å². The predicted molar refractivity (Wildman–Crippen MR) is 66.4 cm³/mol. The Labute approximate surface area is 103 Å². The number of ether oxygens (including phenoxy) is 1. The molecule has 2 aromatic heterocycles. The van der Waals surface area contributed by atoms with E-state index in [-0.39, 0.29) is 6.73 Å². The number of aryl methyl sites for hydroxylation is 1. The third kappa shape index (κ3) is 2.08. The zero-order chi connectivity index (χ0) is 13.3. The van der Waals surface area contributed by atoms with Gasteiger partial charge in [0, 0.05) is 7.05 Å². The summed E-state index contributed by atoms with van der Waals surface area (Å²) in [7, 11) is 1.57. The van der Waals surface area contributed by atoms with Gasteiger partial charge in [-0.3, -0.25) is 9.36 Å². The minimum absolute atomic E-state index is 0.0430. The van der Waals surface area contributed by atoms with Gasteiger partial charge in [-0.25, -0.2) is 14.3 Å². The second kappa shape index (κ2) is 4.77.